The van der Waals surface area contributed by atoms with Crippen molar-refractivity contribution in [3.8, 4) is 5.75 Å². The van der Waals surface area contributed by atoms with Crippen LogP contribution in [0.25, 0.3) is 0 Å². The molecule has 96 valence electrons. The molecule has 1 unspecified atom stereocenters. The first-order valence-corrected chi connectivity index (χ1v) is 6.75. The van der Waals surface area contributed by atoms with Gasteiger partial charge in [-0.25, -0.2) is 4.39 Å². The van der Waals surface area contributed by atoms with Crippen LogP contribution in [-0.2, 0) is 0 Å². The summed E-state index contributed by atoms with van der Waals surface area (Å²) in [5.74, 6) is 0.268. The topological polar surface area (TPSA) is 21.3 Å². The number of hydrogen-bond donors (Lipinski definition) is 1. The monoisotopic (exact) mass is 303 g/mol. The lowest BCUT2D eigenvalue weighted by Gasteiger charge is -2.15. The molecule has 0 amide bonds. The molecule has 0 heterocycles. The maximum Gasteiger partial charge on any atom is 0.141 e. The summed E-state index contributed by atoms with van der Waals surface area (Å²) in [6.07, 6.45) is 2.38. The van der Waals surface area contributed by atoms with Crippen LogP contribution >= 0.6 is 15.9 Å². The summed E-state index contributed by atoms with van der Waals surface area (Å²) in [7, 11) is 0. The van der Waals surface area contributed by atoms with E-state index in [1.54, 1.807) is 12.1 Å². The molecule has 0 radical (unpaired) electrons. The Hall–Kier alpha value is -0.610. The summed E-state index contributed by atoms with van der Waals surface area (Å²) in [6.45, 7) is 5.90. The number of unbranched alkanes of at least 4 members (excludes halogenated alkanes) is 1. The van der Waals surface area contributed by atoms with E-state index < -0.39 is 0 Å². The maximum atomic E-state index is 13.2. The van der Waals surface area contributed by atoms with E-state index in [9.17, 15) is 4.39 Å². The van der Waals surface area contributed by atoms with Crippen LogP contribution in [0.1, 0.15) is 26.7 Å². The van der Waals surface area contributed by atoms with Crippen LogP contribution in [0, 0.1) is 5.82 Å². The third-order valence-electron chi connectivity index (χ3n) is 2.37. The number of rotatable bonds is 7. The van der Waals surface area contributed by atoms with Crippen LogP contribution in [0.4, 0.5) is 4.39 Å². The van der Waals surface area contributed by atoms with Crippen molar-refractivity contribution in [2.45, 2.75) is 32.8 Å². The predicted molar refractivity (Wildman–Crippen MR) is 72.0 cm³/mol. The van der Waals surface area contributed by atoms with Crippen molar-refractivity contribution in [2.24, 2.45) is 0 Å². The van der Waals surface area contributed by atoms with E-state index in [4.69, 9.17) is 4.74 Å². The highest BCUT2D eigenvalue weighted by molar-refractivity contribution is 9.10. The minimum atomic E-state index is -0.298. The normalized spacial score (nSPS) is 12.5. The Bertz CT molecular complexity index is 346. The molecule has 0 saturated carbocycles. The van der Waals surface area contributed by atoms with Gasteiger partial charge in [-0.15, -0.1) is 0 Å². The van der Waals surface area contributed by atoms with Gasteiger partial charge in [-0.2, -0.15) is 0 Å². The minimum absolute atomic E-state index is 0.0347. The molecule has 1 aromatic carbocycles. The van der Waals surface area contributed by atoms with Crippen LogP contribution in [0.5, 0.6) is 5.75 Å². The first-order chi connectivity index (χ1) is 8.13. The molecule has 2 nitrogen and oxygen atoms in total. The van der Waals surface area contributed by atoms with Crippen LogP contribution in [-0.4, -0.2) is 19.2 Å². The van der Waals surface area contributed by atoms with Crippen molar-refractivity contribution in [3.63, 3.8) is 0 Å². The maximum absolute atomic E-state index is 13.2. The van der Waals surface area contributed by atoms with E-state index >= 15 is 0 Å². The third-order valence-corrected chi connectivity index (χ3v) is 3.01. The van der Waals surface area contributed by atoms with Crippen molar-refractivity contribution in [2.75, 3.05) is 13.1 Å². The molecule has 0 aliphatic carbocycles. The van der Waals surface area contributed by atoms with Gasteiger partial charge in [-0.1, -0.05) is 13.3 Å². The zero-order valence-corrected chi connectivity index (χ0v) is 11.9. The molecule has 1 atom stereocenters. The van der Waals surface area contributed by atoms with Crippen LogP contribution < -0.4 is 10.1 Å². The molecule has 1 aromatic rings. The van der Waals surface area contributed by atoms with Crippen molar-refractivity contribution in [3.05, 3.63) is 28.5 Å². The van der Waals surface area contributed by atoms with Crippen LogP contribution in [0.2, 0.25) is 0 Å². The van der Waals surface area contributed by atoms with Gasteiger partial charge in [0.15, 0.2) is 0 Å². The van der Waals surface area contributed by atoms with Gasteiger partial charge < -0.3 is 10.1 Å². The Kier molecular flexibility index (Phi) is 6.52. The highest BCUT2D eigenvalue weighted by atomic mass is 79.9. The smallest absolute Gasteiger partial charge is 0.141 e. The first-order valence-electron chi connectivity index (χ1n) is 5.96. The van der Waals surface area contributed by atoms with Gasteiger partial charge in [0.25, 0.3) is 0 Å². The minimum Gasteiger partial charge on any atom is -0.489 e. The molecule has 0 fully saturated rings. The number of benzene rings is 1. The summed E-state index contributed by atoms with van der Waals surface area (Å²) in [5.41, 5.74) is 0. The van der Waals surface area contributed by atoms with Gasteiger partial charge in [0.1, 0.15) is 17.7 Å². The molecule has 0 aromatic heterocycles. The molecular formula is C13H19BrFNO. The molecule has 0 aliphatic heterocycles. The fraction of sp³-hybridized carbons (Fsp3) is 0.538. The Balaban J connectivity index is 2.34. The average Bonchev–Trinajstić information content (AvgIpc) is 2.30. The van der Waals surface area contributed by atoms with Crippen molar-refractivity contribution < 1.29 is 9.13 Å². The SMILES string of the molecule is CCCCNCC(C)Oc1ccc(Br)c(F)c1. The Morgan fingerprint density at radius 3 is 2.88 bits per heavy atom. The number of ether oxygens (including phenoxy) is 1. The van der Waals surface area contributed by atoms with Gasteiger partial charge >= 0.3 is 0 Å². The zero-order valence-electron chi connectivity index (χ0n) is 10.3. The van der Waals surface area contributed by atoms with Crippen molar-refractivity contribution >= 4 is 15.9 Å². The van der Waals surface area contributed by atoms with Gasteiger partial charge in [0, 0.05) is 12.6 Å². The van der Waals surface area contributed by atoms with Crippen molar-refractivity contribution in [1.29, 1.82) is 0 Å². The number of halogens is 2. The molecule has 0 aliphatic rings. The Morgan fingerprint density at radius 2 is 2.24 bits per heavy atom. The molecule has 0 bridgehead atoms. The summed E-state index contributed by atoms with van der Waals surface area (Å²) in [4.78, 5) is 0. The fourth-order valence-electron chi connectivity index (χ4n) is 1.43. The second-order valence-corrected chi connectivity index (χ2v) is 4.92. The molecule has 4 heteroatoms. The molecule has 1 rings (SSSR count). The third kappa shape index (κ3) is 5.50. The Morgan fingerprint density at radius 1 is 1.47 bits per heavy atom. The molecule has 1 N–H and O–H groups in total. The fourth-order valence-corrected chi connectivity index (χ4v) is 1.68. The van der Waals surface area contributed by atoms with Crippen LogP contribution in [0.3, 0.4) is 0 Å². The molecule has 0 saturated heterocycles. The largest absolute Gasteiger partial charge is 0.489 e. The van der Waals surface area contributed by atoms with Gasteiger partial charge in [-0.05, 0) is 48.0 Å². The van der Waals surface area contributed by atoms with Crippen LogP contribution in [0.15, 0.2) is 22.7 Å². The number of hydrogen-bond acceptors (Lipinski definition) is 2. The lowest BCUT2D eigenvalue weighted by molar-refractivity contribution is 0.216. The predicted octanol–water partition coefficient (Wildman–Crippen LogP) is 3.75. The van der Waals surface area contributed by atoms with Gasteiger partial charge in [-0.3, -0.25) is 0 Å². The highest BCUT2D eigenvalue weighted by Gasteiger charge is 2.06. The van der Waals surface area contributed by atoms with E-state index in [2.05, 4.69) is 28.2 Å². The standard InChI is InChI=1S/C13H19BrFNO/c1-3-4-7-16-9-10(2)17-11-5-6-12(14)13(15)8-11/h5-6,8,10,16H,3-4,7,9H2,1-2H3. The number of nitrogens with one attached hydrogen (secondary N) is 1. The highest BCUT2D eigenvalue weighted by Crippen LogP contribution is 2.21. The lowest BCUT2D eigenvalue weighted by atomic mass is 10.3. The molecule has 0 spiro atoms. The van der Waals surface area contributed by atoms with Crippen molar-refractivity contribution in [1.82, 2.24) is 5.32 Å². The quantitative estimate of drug-likeness (QED) is 0.775. The van der Waals surface area contributed by atoms with E-state index in [1.807, 2.05) is 6.92 Å². The Labute approximate surface area is 111 Å². The second kappa shape index (κ2) is 7.67. The van der Waals surface area contributed by atoms with E-state index in [-0.39, 0.29) is 11.9 Å². The zero-order chi connectivity index (χ0) is 12.7. The summed E-state index contributed by atoms with van der Waals surface area (Å²) in [6, 6.07) is 4.81. The van der Waals surface area contributed by atoms with E-state index in [0.717, 1.165) is 13.1 Å². The molecule has 17 heavy (non-hydrogen) atoms. The summed E-state index contributed by atoms with van der Waals surface area (Å²) >= 11 is 3.11. The van der Waals surface area contributed by atoms with Gasteiger partial charge in [0.2, 0.25) is 0 Å². The van der Waals surface area contributed by atoms with E-state index in [0.29, 0.717) is 10.2 Å². The molecular weight excluding hydrogens is 285 g/mol. The summed E-state index contributed by atoms with van der Waals surface area (Å²) in [5, 5.41) is 3.30. The average molecular weight is 304 g/mol. The van der Waals surface area contributed by atoms with E-state index in [1.165, 1.54) is 18.9 Å². The first kappa shape index (κ1) is 14.5. The second-order valence-electron chi connectivity index (χ2n) is 4.06. The lowest BCUT2D eigenvalue weighted by Crippen LogP contribution is -2.29. The summed E-state index contributed by atoms with van der Waals surface area (Å²) < 4.78 is 19.3. The van der Waals surface area contributed by atoms with Gasteiger partial charge in [0.05, 0.1) is 4.47 Å².